The van der Waals surface area contributed by atoms with Crippen molar-refractivity contribution in [2.45, 2.75) is 6.61 Å². The van der Waals surface area contributed by atoms with Crippen LogP contribution in [0.5, 0.6) is 5.75 Å². The van der Waals surface area contributed by atoms with E-state index < -0.39 is 15.7 Å². The summed E-state index contributed by atoms with van der Waals surface area (Å²) in [5, 5.41) is 0.697. The first-order valence-corrected chi connectivity index (χ1v) is 6.42. The molecule has 1 aromatic rings. The van der Waals surface area contributed by atoms with Crippen molar-refractivity contribution in [2.24, 2.45) is 0 Å². The van der Waals surface area contributed by atoms with Crippen molar-refractivity contribution < 1.29 is 21.9 Å². The monoisotopic (exact) mass is 268 g/mol. The Morgan fingerprint density at radius 2 is 1.94 bits per heavy atom. The minimum atomic E-state index is -3.82. The van der Waals surface area contributed by atoms with Crippen LogP contribution >= 0.6 is 10.7 Å². The number of halogens is 3. The normalized spacial score (nSPS) is 12.2. The first-order chi connectivity index (χ1) is 7.38. The minimum absolute atomic E-state index is 0.117. The van der Waals surface area contributed by atoms with Gasteiger partial charge >= 0.3 is 6.61 Å². The quantitative estimate of drug-likeness (QED) is 0.789. The van der Waals surface area contributed by atoms with Gasteiger partial charge in [0.05, 0.1) is 0 Å². The fourth-order valence-corrected chi connectivity index (χ4v) is 1.44. The molecule has 0 spiro atoms. The van der Waals surface area contributed by atoms with E-state index in [0.29, 0.717) is 5.41 Å². The fourth-order valence-electron chi connectivity index (χ4n) is 0.976. The fraction of sp³-hybridized carbons (Fsp3) is 0.111. The van der Waals surface area contributed by atoms with Gasteiger partial charge in [0.1, 0.15) is 5.75 Å². The van der Waals surface area contributed by atoms with E-state index in [1.807, 2.05) is 0 Å². The van der Waals surface area contributed by atoms with E-state index in [4.69, 9.17) is 10.7 Å². The van der Waals surface area contributed by atoms with Gasteiger partial charge in [-0.3, -0.25) is 0 Å². The van der Waals surface area contributed by atoms with Crippen LogP contribution in [0.1, 0.15) is 5.56 Å². The predicted octanol–water partition coefficient (Wildman–Crippen LogP) is 2.83. The molecule has 0 N–H and O–H groups in total. The van der Waals surface area contributed by atoms with Gasteiger partial charge < -0.3 is 4.74 Å². The molecule has 88 valence electrons. The third kappa shape index (κ3) is 4.59. The first kappa shape index (κ1) is 12.9. The van der Waals surface area contributed by atoms with Crippen molar-refractivity contribution in [3.05, 3.63) is 35.2 Å². The maximum Gasteiger partial charge on any atom is 0.387 e. The lowest BCUT2D eigenvalue weighted by molar-refractivity contribution is -0.0499. The molecule has 0 aliphatic carbocycles. The molecule has 0 atom stereocenters. The summed E-state index contributed by atoms with van der Waals surface area (Å²) in [6.07, 6.45) is 1.08. The molecule has 0 aliphatic heterocycles. The topological polar surface area (TPSA) is 43.4 Å². The molecule has 3 nitrogen and oxygen atoms in total. The number of rotatable bonds is 4. The van der Waals surface area contributed by atoms with Crippen molar-refractivity contribution in [3.63, 3.8) is 0 Å². The Morgan fingerprint density at radius 3 is 2.50 bits per heavy atom. The Bertz CT molecular complexity index is 485. The predicted molar refractivity (Wildman–Crippen MR) is 56.9 cm³/mol. The second-order valence-corrected chi connectivity index (χ2v) is 5.21. The summed E-state index contributed by atoms with van der Waals surface area (Å²) in [4.78, 5) is 0. The van der Waals surface area contributed by atoms with Crippen LogP contribution in [0.3, 0.4) is 0 Å². The molecule has 0 unspecified atom stereocenters. The maximum atomic E-state index is 12.0. The summed E-state index contributed by atoms with van der Waals surface area (Å²) >= 11 is 0. The van der Waals surface area contributed by atoms with Crippen molar-refractivity contribution in [3.8, 4) is 5.75 Å². The highest BCUT2D eigenvalue weighted by Crippen LogP contribution is 2.22. The number of alkyl halides is 2. The van der Waals surface area contributed by atoms with Crippen molar-refractivity contribution in [1.82, 2.24) is 0 Å². The van der Waals surface area contributed by atoms with Crippen molar-refractivity contribution in [2.75, 3.05) is 0 Å². The largest absolute Gasteiger partial charge is 0.434 e. The van der Waals surface area contributed by atoms with Crippen LogP contribution < -0.4 is 4.74 Å². The molecule has 1 rings (SSSR count). The number of hydrogen-bond acceptors (Lipinski definition) is 3. The number of para-hydroxylation sites is 1. The van der Waals surface area contributed by atoms with Crippen LogP contribution in [0.15, 0.2) is 29.7 Å². The second-order valence-electron chi connectivity index (χ2n) is 2.69. The highest BCUT2D eigenvalue weighted by atomic mass is 35.7. The van der Waals surface area contributed by atoms with Gasteiger partial charge in [-0.1, -0.05) is 18.2 Å². The second kappa shape index (κ2) is 5.27. The molecule has 0 bridgehead atoms. The number of benzene rings is 1. The Hall–Kier alpha value is -1.14. The molecule has 0 heterocycles. The molecule has 0 aromatic heterocycles. The lowest BCUT2D eigenvalue weighted by atomic mass is 10.2. The van der Waals surface area contributed by atoms with Gasteiger partial charge in [-0.2, -0.15) is 8.78 Å². The van der Waals surface area contributed by atoms with E-state index in [0.717, 1.165) is 6.08 Å². The van der Waals surface area contributed by atoms with Crippen LogP contribution in [-0.4, -0.2) is 15.0 Å². The van der Waals surface area contributed by atoms with Crippen LogP contribution in [0.25, 0.3) is 6.08 Å². The summed E-state index contributed by atoms with van der Waals surface area (Å²) in [7, 11) is 1.12. The third-order valence-corrected chi connectivity index (χ3v) is 2.31. The molecule has 0 fully saturated rings. The number of hydrogen-bond donors (Lipinski definition) is 0. The van der Waals surface area contributed by atoms with Crippen molar-refractivity contribution >= 4 is 25.8 Å². The summed E-state index contributed by atoms with van der Waals surface area (Å²) in [6, 6.07) is 5.77. The number of ether oxygens (including phenoxy) is 1. The van der Waals surface area contributed by atoms with Gasteiger partial charge in [0.2, 0.25) is 0 Å². The van der Waals surface area contributed by atoms with E-state index in [-0.39, 0.29) is 11.3 Å². The molecule has 0 amide bonds. The molecule has 1 aromatic carbocycles. The summed E-state index contributed by atoms with van der Waals surface area (Å²) in [5.41, 5.74) is 0.201. The average molecular weight is 269 g/mol. The molecule has 0 aliphatic rings. The zero-order valence-electron chi connectivity index (χ0n) is 7.81. The summed E-state index contributed by atoms with van der Waals surface area (Å²) in [5.74, 6) is -0.117. The molecule has 16 heavy (non-hydrogen) atoms. The Balaban J connectivity index is 3.00. The van der Waals surface area contributed by atoms with E-state index in [1.54, 1.807) is 6.07 Å². The Morgan fingerprint density at radius 1 is 1.31 bits per heavy atom. The SMILES string of the molecule is O=S(=O)(Cl)/C=C/c1ccccc1OC(F)F. The zero-order valence-corrected chi connectivity index (χ0v) is 9.38. The van der Waals surface area contributed by atoms with Gasteiger partial charge in [-0.05, 0) is 12.1 Å². The van der Waals surface area contributed by atoms with E-state index in [2.05, 4.69) is 4.74 Å². The standard InChI is InChI=1S/C9H7ClF2O3S/c10-16(13,14)6-5-7-3-1-2-4-8(7)15-9(11)12/h1-6,9H/b6-5+. The highest BCUT2D eigenvalue weighted by molar-refractivity contribution is 8.16. The minimum Gasteiger partial charge on any atom is -0.434 e. The van der Waals surface area contributed by atoms with E-state index >= 15 is 0 Å². The average Bonchev–Trinajstić information content (AvgIpc) is 2.14. The van der Waals surface area contributed by atoms with Gasteiger partial charge in [0.25, 0.3) is 9.05 Å². The third-order valence-electron chi connectivity index (χ3n) is 1.55. The van der Waals surface area contributed by atoms with Crippen LogP contribution in [0.2, 0.25) is 0 Å². The summed E-state index contributed by atoms with van der Waals surface area (Å²) in [6.45, 7) is -2.97. The first-order valence-electron chi connectivity index (χ1n) is 4.05. The Kier molecular flexibility index (Phi) is 4.26. The van der Waals surface area contributed by atoms with Gasteiger partial charge in [0.15, 0.2) is 0 Å². The van der Waals surface area contributed by atoms with E-state index in [9.17, 15) is 17.2 Å². The molecule has 0 saturated heterocycles. The van der Waals surface area contributed by atoms with Crippen molar-refractivity contribution in [1.29, 1.82) is 0 Å². The lowest BCUT2D eigenvalue weighted by Crippen LogP contribution is -2.02. The Labute approximate surface area is 95.7 Å². The molecule has 0 radical (unpaired) electrons. The molecular formula is C9H7ClF2O3S. The van der Waals surface area contributed by atoms with E-state index in [1.165, 1.54) is 18.2 Å². The highest BCUT2D eigenvalue weighted by Gasteiger charge is 2.07. The van der Waals surface area contributed by atoms with Gasteiger partial charge in [-0.25, -0.2) is 8.42 Å². The lowest BCUT2D eigenvalue weighted by Gasteiger charge is -2.06. The van der Waals surface area contributed by atoms with Crippen LogP contribution in [-0.2, 0) is 9.05 Å². The van der Waals surface area contributed by atoms with Crippen LogP contribution in [0, 0.1) is 0 Å². The molecule has 0 saturated carbocycles. The zero-order chi connectivity index (χ0) is 12.2. The smallest absolute Gasteiger partial charge is 0.387 e. The maximum absolute atomic E-state index is 12.0. The molecular weight excluding hydrogens is 262 g/mol. The molecule has 7 heteroatoms. The van der Waals surface area contributed by atoms with Crippen LogP contribution in [0.4, 0.5) is 8.78 Å². The van der Waals surface area contributed by atoms with Gasteiger partial charge in [0, 0.05) is 21.7 Å². The summed E-state index contributed by atoms with van der Waals surface area (Å²) < 4.78 is 49.4. The van der Waals surface area contributed by atoms with Gasteiger partial charge in [-0.15, -0.1) is 0 Å².